The fourth-order valence-corrected chi connectivity index (χ4v) is 3.13. The minimum Gasteiger partial charge on any atom is -0.317 e. The van der Waals surface area contributed by atoms with Crippen LogP contribution < -0.4 is 5.32 Å². The topological polar surface area (TPSA) is 48.5 Å². The van der Waals surface area contributed by atoms with E-state index in [1.165, 1.54) is 0 Å². The molecule has 5 heteroatoms. The van der Waals surface area contributed by atoms with Crippen molar-refractivity contribution in [3.63, 3.8) is 0 Å². The van der Waals surface area contributed by atoms with Crippen LogP contribution in [-0.2, 0) is 6.54 Å². The molecule has 1 saturated heterocycles. The van der Waals surface area contributed by atoms with Gasteiger partial charge in [0.25, 0.3) is 0 Å². The van der Waals surface area contributed by atoms with Crippen LogP contribution in [0.2, 0.25) is 0 Å². The number of likely N-dealkylation sites (tertiary alicyclic amines) is 1. The third-order valence-corrected chi connectivity index (χ3v) is 4.42. The fraction of sp³-hybridized carbons (Fsp3) is 0.600. The SMILES string of the molecule is CC(C)N1CCC(N2Cc3cnccc3NC2=O)CC1. The zero-order valence-electron chi connectivity index (χ0n) is 12.2. The molecule has 0 bridgehead atoms. The number of carbonyl (C=O) groups is 1. The van der Waals surface area contributed by atoms with Gasteiger partial charge in [-0.1, -0.05) is 0 Å². The number of aromatic nitrogens is 1. The van der Waals surface area contributed by atoms with Crippen LogP contribution in [0.3, 0.4) is 0 Å². The smallest absolute Gasteiger partial charge is 0.317 e. The molecule has 2 aliphatic rings. The lowest BCUT2D eigenvalue weighted by Gasteiger charge is -2.41. The maximum Gasteiger partial charge on any atom is 0.322 e. The normalized spacial score (nSPS) is 20.9. The molecule has 1 aromatic heterocycles. The second kappa shape index (κ2) is 5.40. The first-order chi connectivity index (χ1) is 9.65. The average Bonchev–Trinajstić information content (AvgIpc) is 2.46. The molecule has 108 valence electrons. The van der Waals surface area contributed by atoms with Crippen LogP contribution >= 0.6 is 0 Å². The Morgan fingerprint density at radius 1 is 1.35 bits per heavy atom. The van der Waals surface area contributed by atoms with Gasteiger partial charge in [-0.15, -0.1) is 0 Å². The minimum absolute atomic E-state index is 0.0340. The molecule has 3 heterocycles. The summed E-state index contributed by atoms with van der Waals surface area (Å²) in [5.74, 6) is 0. The van der Waals surface area contributed by atoms with Gasteiger partial charge in [-0.3, -0.25) is 4.98 Å². The van der Waals surface area contributed by atoms with Crippen LogP contribution in [0.5, 0.6) is 0 Å². The Morgan fingerprint density at radius 2 is 2.10 bits per heavy atom. The van der Waals surface area contributed by atoms with Crippen molar-refractivity contribution in [1.82, 2.24) is 14.8 Å². The van der Waals surface area contributed by atoms with E-state index in [2.05, 4.69) is 29.0 Å². The van der Waals surface area contributed by atoms with E-state index < -0.39 is 0 Å². The van der Waals surface area contributed by atoms with E-state index in [-0.39, 0.29) is 6.03 Å². The summed E-state index contributed by atoms with van der Waals surface area (Å²) in [7, 11) is 0. The predicted octanol–water partition coefficient (Wildman–Crippen LogP) is 2.30. The van der Waals surface area contributed by atoms with Gasteiger partial charge in [0.1, 0.15) is 0 Å². The largest absolute Gasteiger partial charge is 0.322 e. The number of hydrogen-bond acceptors (Lipinski definition) is 3. The van der Waals surface area contributed by atoms with E-state index in [4.69, 9.17) is 0 Å². The van der Waals surface area contributed by atoms with Gasteiger partial charge in [0.15, 0.2) is 0 Å². The zero-order valence-corrected chi connectivity index (χ0v) is 12.2. The number of anilines is 1. The number of urea groups is 1. The molecule has 0 aliphatic carbocycles. The van der Waals surface area contributed by atoms with Crippen LogP contribution in [0.25, 0.3) is 0 Å². The molecule has 1 N–H and O–H groups in total. The quantitative estimate of drug-likeness (QED) is 0.900. The Labute approximate surface area is 120 Å². The number of fused-ring (bicyclic) bond motifs is 1. The third kappa shape index (κ3) is 2.50. The van der Waals surface area contributed by atoms with Crippen LogP contribution in [0.4, 0.5) is 10.5 Å². The van der Waals surface area contributed by atoms with E-state index >= 15 is 0 Å². The summed E-state index contributed by atoms with van der Waals surface area (Å²) in [6.45, 7) is 7.30. The predicted molar refractivity (Wildman–Crippen MR) is 78.5 cm³/mol. The average molecular weight is 274 g/mol. The van der Waals surface area contributed by atoms with Gasteiger partial charge in [-0.25, -0.2) is 4.79 Å². The lowest BCUT2D eigenvalue weighted by molar-refractivity contribution is 0.105. The highest BCUT2D eigenvalue weighted by molar-refractivity contribution is 5.92. The molecule has 0 unspecified atom stereocenters. The zero-order chi connectivity index (χ0) is 14.1. The van der Waals surface area contributed by atoms with Gasteiger partial charge < -0.3 is 15.1 Å². The van der Waals surface area contributed by atoms with Crippen molar-refractivity contribution in [1.29, 1.82) is 0 Å². The van der Waals surface area contributed by atoms with Gasteiger partial charge in [0, 0.05) is 43.1 Å². The maximum atomic E-state index is 12.3. The minimum atomic E-state index is 0.0340. The van der Waals surface area contributed by atoms with E-state index in [9.17, 15) is 4.79 Å². The van der Waals surface area contributed by atoms with Crippen LogP contribution in [0, 0.1) is 0 Å². The number of pyridine rings is 1. The van der Waals surface area contributed by atoms with Crippen molar-refractivity contribution in [2.45, 2.75) is 45.3 Å². The van der Waals surface area contributed by atoms with Crippen molar-refractivity contribution in [2.75, 3.05) is 18.4 Å². The first-order valence-electron chi connectivity index (χ1n) is 7.39. The van der Waals surface area contributed by atoms with Crippen molar-refractivity contribution in [2.24, 2.45) is 0 Å². The number of hydrogen-bond donors (Lipinski definition) is 1. The van der Waals surface area contributed by atoms with Gasteiger partial charge in [0.2, 0.25) is 0 Å². The van der Waals surface area contributed by atoms with Crippen LogP contribution in [-0.4, -0.2) is 46.0 Å². The molecule has 0 radical (unpaired) electrons. The number of amides is 2. The molecule has 5 nitrogen and oxygen atoms in total. The summed E-state index contributed by atoms with van der Waals surface area (Å²) in [6.07, 6.45) is 5.68. The van der Waals surface area contributed by atoms with E-state index in [1.807, 2.05) is 17.2 Å². The summed E-state index contributed by atoms with van der Waals surface area (Å²) < 4.78 is 0. The molecule has 20 heavy (non-hydrogen) atoms. The highest BCUT2D eigenvalue weighted by Gasteiger charge is 2.31. The Kier molecular flexibility index (Phi) is 3.61. The lowest BCUT2D eigenvalue weighted by Crippen LogP contribution is -2.51. The van der Waals surface area contributed by atoms with Crippen molar-refractivity contribution in [3.8, 4) is 0 Å². The van der Waals surface area contributed by atoms with Crippen LogP contribution in [0.1, 0.15) is 32.3 Å². The van der Waals surface area contributed by atoms with Gasteiger partial charge in [-0.05, 0) is 32.8 Å². The Balaban J connectivity index is 1.68. The molecular weight excluding hydrogens is 252 g/mol. The van der Waals surface area contributed by atoms with Crippen LogP contribution in [0.15, 0.2) is 18.5 Å². The molecule has 0 aromatic carbocycles. The second-order valence-electron chi connectivity index (χ2n) is 5.95. The second-order valence-corrected chi connectivity index (χ2v) is 5.95. The number of nitrogens with one attached hydrogen (secondary N) is 1. The van der Waals surface area contributed by atoms with E-state index in [1.54, 1.807) is 6.20 Å². The third-order valence-electron chi connectivity index (χ3n) is 4.42. The monoisotopic (exact) mass is 274 g/mol. The molecule has 0 saturated carbocycles. The van der Waals surface area contributed by atoms with E-state index in [0.717, 1.165) is 37.2 Å². The first kappa shape index (κ1) is 13.4. The summed E-state index contributed by atoms with van der Waals surface area (Å²) in [4.78, 5) is 20.9. The molecule has 3 rings (SSSR count). The van der Waals surface area contributed by atoms with E-state index in [0.29, 0.717) is 18.6 Å². The lowest BCUT2D eigenvalue weighted by atomic mass is 10.0. The Hall–Kier alpha value is -1.62. The first-order valence-corrected chi connectivity index (χ1v) is 7.39. The van der Waals surface area contributed by atoms with Gasteiger partial charge >= 0.3 is 6.03 Å². The Morgan fingerprint density at radius 3 is 2.80 bits per heavy atom. The highest BCUT2D eigenvalue weighted by Crippen LogP contribution is 2.27. The Bertz CT molecular complexity index is 494. The number of nitrogens with zero attached hydrogens (tertiary/aromatic N) is 3. The van der Waals surface area contributed by atoms with Gasteiger partial charge in [-0.2, -0.15) is 0 Å². The number of piperidine rings is 1. The molecule has 0 atom stereocenters. The molecule has 0 spiro atoms. The summed E-state index contributed by atoms with van der Waals surface area (Å²) in [5, 5.41) is 2.97. The van der Waals surface area contributed by atoms with Gasteiger partial charge in [0.05, 0.1) is 12.2 Å². The summed E-state index contributed by atoms with van der Waals surface area (Å²) in [6, 6.07) is 2.84. The molecular formula is C15H22N4O. The summed E-state index contributed by atoms with van der Waals surface area (Å²) >= 11 is 0. The van der Waals surface area contributed by atoms with Crippen molar-refractivity contribution in [3.05, 3.63) is 24.0 Å². The maximum absolute atomic E-state index is 12.3. The standard InChI is InChI=1S/C15H22N4O/c1-11(2)18-7-4-13(5-8-18)19-10-12-9-16-6-3-14(12)17-15(19)20/h3,6,9,11,13H,4-5,7-8,10H2,1-2H3,(H,17,20). The van der Waals surface area contributed by atoms with Crippen molar-refractivity contribution < 1.29 is 4.79 Å². The fourth-order valence-electron chi connectivity index (χ4n) is 3.13. The summed E-state index contributed by atoms with van der Waals surface area (Å²) in [5.41, 5.74) is 2.01. The molecule has 2 amide bonds. The highest BCUT2D eigenvalue weighted by atomic mass is 16.2. The number of carbonyl (C=O) groups excluding carboxylic acids is 1. The molecule has 1 fully saturated rings. The molecule has 2 aliphatic heterocycles. The van der Waals surface area contributed by atoms with Crippen molar-refractivity contribution >= 4 is 11.7 Å². The number of rotatable bonds is 2. The molecule has 1 aromatic rings.